The lowest BCUT2D eigenvalue weighted by Gasteiger charge is -2.18. The van der Waals surface area contributed by atoms with Crippen molar-refractivity contribution in [3.8, 4) is 5.75 Å². The summed E-state index contributed by atoms with van der Waals surface area (Å²) in [5.41, 5.74) is 3.68. The molecule has 20 heavy (non-hydrogen) atoms. The number of hydrogen-bond acceptors (Lipinski definition) is 2. The van der Waals surface area contributed by atoms with Crippen LogP contribution in [0.2, 0.25) is 5.02 Å². The molecule has 2 rings (SSSR count). The molecule has 0 amide bonds. The maximum Gasteiger partial charge on any atom is 0.126 e. The molecule has 0 spiro atoms. The van der Waals surface area contributed by atoms with Gasteiger partial charge in [-0.25, -0.2) is 0 Å². The third-order valence-corrected chi connectivity index (χ3v) is 4.42. The summed E-state index contributed by atoms with van der Waals surface area (Å²) < 4.78 is 6.35. The molecule has 0 radical (unpaired) electrons. The van der Waals surface area contributed by atoms with Gasteiger partial charge in [-0.15, -0.1) is 0 Å². The molecule has 0 saturated carbocycles. The van der Waals surface area contributed by atoms with Crippen molar-refractivity contribution in [3.63, 3.8) is 0 Å². The Hall–Kier alpha value is -1.03. The molecular weight excluding hydrogens is 340 g/mol. The van der Waals surface area contributed by atoms with Crippen molar-refractivity contribution in [1.29, 1.82) is 0 Å². The number of ether oxygens (including phenoxy) is 1. The lowest BCUT2D eigenvalue weighted by molar-refractivity contribution is 0.214. The van der Waals surface area contributed by atoms with E-state index < -0.39 is 6.10 Å². The van der Waals surface area contributed by atoms with Gasteiger partial charge in [0.25, 0.3) is 0 Å². The summed E-state index contributed by atoms with van der Waals surface area (Å²) in [6.07, 6.45) is -0.742. The molecule has 0 aliphatic rings. The van der Waals surface area contributed by atoms with E-state index in [4.69, 9.17) is 16.3 Å². The minimum atomic E-state index is -0.742. The van der Waals surface area contributed by atoms with Gasteiger partial charge in [0.1, 0.15) is 11.9 Å². The highest BCUT2D eigenvalue weighted by molar-refractivity contribution is 9.10. The zero-order valence-electron chi connectivity index (χ0n) is 11.6. The van der Waals surface area contributed by atoms with Gasteiger partial charge in [-0.1, -0.05) is 39.7 Å². The molecule has 0 aliphatic heterocycles. The van der Waals surface area contributed by atoms with Crippen LogP contribution >= 0.6 is 27.5 Å². The number of rotatable bonds is 3. The summed E-state index contributed by atoms with van der Waals surface area (Å²) >= 11 is 9.46. The molecule has 0 bridgehead atoms. The standard InChI is InChI=1S/C16H16BrClO2/c1-9-7-14(17)10(2)6-13(9)16(19)12-5-4-11(18)8-15(12)20-3/h4-8,16,19H,1-3H3. The Morgan fingerprint density at radius 3 is 2.45 bits per heavy atom. The summed E-state index contributed by atoms with van der Waals surface area (Å²) in [6.45, 7) is 3.98. The van der Waals surface area contributed by atoms with E-state index >= 15 is 0 Å². The average molecular weight is 356 g/mol. The molecule has 0 aliphatic carbocycles. The average Bonchev–Trinajstić information content (AvgIpc) is 2.42. The van der Waals surface area contributed by atoms with E-state index in [2.05, 4.69) is 15.9 Å². The Bertz CT molecular complexity index is 641. The second-order valence-electron chi connectivity index (χ2n) is 4.75. The van der Waals surface area contributed by atoms with Crippen LogP contribution in [0.5, 0.6) is 5.75 Å². The van der Waals surface area contributed by atoms with Crippen LogP contribution in [0.15, 0.2) is 34.8 Å². The van der Waals surface area contributed by atoms with Gasteiger partial charge in [-0.2, -0.15) is 0 Å². The second-order valence-corrected chi connectivity index (χ2v) is 6.04. The van der Waals surface area contributed by atoms with E-state index in [0.29, 0.717) is 16.3 Å². The largest absolute Gasteiger partial charge is 0.496 e. The van der Waals surface area contributed by atoms with Gasteiger partial charge in [-0.3, -0.25) is 0 Å². The molecule has 1 N–H and O–H groups in total. The van der Waals surface area contributed by atoms with E-state index in [1.807, 2.05) is 26.0 Å². The van der Waals surface area contributed by atoms with E-state index in [9.17, 15) is 5.11 Å². The van der Waals surface area contributed by atoms with Crippen LogP contribution in [0.4, 0.5) is 0 Å². The molecule has 2 aromatic rings. The third-order valence-electron chi connectivity index (χ3n) is 3.33. The predicted octanol–water partition coefficient (Wildman–Crippen LogP) is 4.81. The quantitative estimate of drug-likeness (QED) is 0.856. The van der Waals surface area contributed by atoms with Crippen molar-refractivity contribution in [2.24, 2.45) is 0 Å². The van der Waals surface area contributed by atoms with E-state index in [0.717, 1.165) is 21.2 Å². The SMILES string of the molecule is COc1cc(Cl)ccc1C(O)c1cc(C)c(Br)cc1C. The van der Waals surface area contributed by atoms with Crippen molar-refractivity contribution in [2.45, 2.75) is 20.0 Å². The Balaban J connectivity index is 2.51. The molecule has 1 atom stereocenters. The lowest BCUT2D eigenvalue weighted by Crippen LogP contribution is -2.05. The molecular formula is C16H16BrClO2. The number of aliphatic hydroxyl groups is 1. The summed E-state index contributed by atoms with van der Waals surface area (Å²) in [5.74, 6) is 0.588. The van der Waals surface area contributed by atoms with Crippen LogP contribution in [-0.2, 0) is 0 Å². The van der Waals surface area contributed by atoms with Crippen molar-refractivity contribution in [1.82, 2.24) is 0 Å². The Morgan fingerprint density at radius 2 is 1.80 bits per heavy atom. The second kappa shape index (κ2) is 6.17. The summed E-state index contributed by atoms with van der Waals surface area (Å²) in [6, 6.07) is 9.25. The lowest BCUT2D eigenvalue weighted by atomic mass is 9.95. The molecule has 2 aromatic carbocycles. The minimum Gasteiger partial charge on any atom is -0.496 e. The van der Waals surface area contributed by atoms with Gasteiger partial charge in [0, 0.05) is 15.1 Å². The zero-order chi connectivity index (χ0) is 14.9. The van der Waals surface area contributed by atoms with E-state index in [-0.39, 0.29) is 0 Å². The van der Waals surface area contributed by atoms with Crippen LogP contribution in [0.1, 0.15) is 28.4 Å². The summed E-state index contributed by atoms with van der Waals surface area (Å²) in [4.78, 5) is 0. The Labute approximate surface area is 132 Å². The Kier molecular flexibility index (Phi) is 4.74. The number of aryl methyl sites for hydroxylation is 2. The predicted molar refractivity (Wildman–Crippen MR) is 85.7 cm³/mol. The van der Waals surface area contributed by atoms with Crippen molar-refractivity contribution >= 4 is 27.5 Å². The van der Waals surface area contributed by atoms with Crippen molar-refractivity contribution < 1.29 is 9.84 Å². The Morgan fingerprint density at radius 1 is 1.10 bits per heavy atom. The molecule has 106 valence electrons. The third kappa shape index (κ3) is 3.00. The first-order valence-electron chi connectivity index (χ1n) is 6.22. The van der Waals surface area contributed by atoms with Crippen molar-refractivity contribution in [3.05, 3.63) is 62.1 Å². The molecule has 1 unspecified atom stereocenters. The minimum absolute atomic E-state index is 0.585. The first kappa shape index (κ1) is 15.4. The zero-order valence-corrected chi connectivity index (χ0v) is 13.9. The van der Waals surface area contributed by atoms with E-state index in [1.165, 1.54) is 0 Å². The van der Waals surface area contributed by atoms with Crippen LogP contribution in [0, 0.1) is 13.8 Å². The van der Waals surface area contributed by atoms with Gasteiger partial charge in [0.05, 0.1) is 7.11 Å². The maximum atomic E-state index is 10.7. The van der Waals surface area contributed by atoms with Crippen LogP contribution in [0.3, 0.4) is 0 Å². The maximum absolute atomic E-state index is 10.7. The fourth-order valence-corrected chi connectivity index (χ4v) is 2.80. The summed E-state index contributed by atoms with van der Waals surface area (Å²) in [7, 11) is 1.57. The van der Waals surface area contributed by atoms with Crippen LogP contribution in [0.25, 0.3) is 0 Å². The normalized spacial score (nSPS) is 12.3. The number of benzene rings is 2. The van der Waals surface area contributed by atoms with Gasteiger partial charge in [0.15, 0.2) is 0 Å². The fourth-order valence-electron chi connectivity index (χ4n) is 2.18. The number of methoxy groups -OCH3 is 1. The molecule has 0 aromatic heterocycles. The van der Waals surface area contributed by atoms with Crippen molar-refractivity contribution in [2.75, 3.05) is 7.11 Å². The molecule has 0 saturated heterocycles. The van der Waals surface area contributed by atoms with Gasteiger partial charge < -0.3 is 9.84 Å². The highest BCUT2D eigenvalue weighted by Gasteiger charge is 2.18. The summed E-state index contributed by atoms with van der Waals surface area (Å²) in [5, 5.41) is 11.2. The first-order valence-corrected chi connectivity index (χ1v) is 7.39. The number of aliphatic hydroxyl groups excluding tert-OH is 1. The fraction of sp³-hybridized carbons (Fsp3) is 0.250. The van der Waals surface area contributed by atoms with Crippen LogP contribution < -0.4 is 4.74 Å². The highest BCUT2D eigenvalue weighted by atomic mass is 79.9. The molecule has 0 fully saturated rings. The topological polar surface area (TPSA) is 29.5 Å². The molecule has 2 nitrogen and oxygen atoms in total. The van der Waals surface area contributed by atoms with Gasteiger partial charge in [-0.05, 0) is 48.7 Å². The number of halogens is 2. The monoisotopic (exact) mass is 354 g/mol. The van der Waals surface area contributed by atoms with Gasteiger partial charge in [0.2, 0.25) is 0 Å². The van der Waals surface area contributed by atoms with Gasteiger partial charge >= 0.3 is 0 Å². The smallest absolute Gasteiger partial charge is 0.126 e. The van der Waals surface area contributed by atoms with Crippen LogP contribution in [-0.4, -0.2) is 12.2 Å². The first-order chi connectivity index (χ1) is 9.43. The molecule has 0 heterocycles. The van der Waals surface area contributed by atoms with E-state index in [1.54, 1.807) is 25.3 Å². The highest BCUT2D eigenvalue weighted by Crippen LogP contribution is 2.35. The molecule has 4 heteroatoms. The number of hydrogen-bond donors (Lipinski definition) is 1.